The zero-order valence-corrected chi connectivity index (χ0v) is 18.5. The Balaban J connectivity index is 1.42. The molecule has 0 N–H and O–H groups in total. The summed E-state index contributed by atoms with van der Waals surface area (Å²) in [6.07, 6.45) is 11.1. The summed E-state index contributed by atoms with van der Waals surface area (Å²) >= 11 is 0. The van der Waals surface area contributed by atoms with Crippen molar-refractivity contribution < 1.29 is 14.3 Å². The maximum Gasteiger partial charge on any atom is 0.416 e. The first-order chi connectivity index (χ1) is 14.3. The molecule has 2 saturated heterocycles. The molecule has 1 saturated carbocycles. The van der Waals surface area contributed by atoms with Crippen LogP contribution in [0.15, 0.2) is 12.4 Å². The van der Waals surface area contributed by atoms with E-state index in [4.69, 9.17) is 4.74 Å². The summed E-state index contributed by atoms with van der Waals surface area (Å²) in [5.41, 5.74) is 0.182. The minimum atomic E-state index is -0.344. The molecule has 3 fully saturated rings. The molecule has 7 heteroatoms. The maximum atomic E-state index is 12.7. The van der Waals surface area contributed by atoms with Crippen LogP contribution in [-0.4, -0.2) is 52.1 Å². The molecule has 1 spiro atoms. The van der Waals surface area contributed by atoms with Crippen LogP contribution in [0, 0.1) is 11.3 Å². The van der Waals surface area contributed by atoms with Gasteiger partial charge in [-0.25, -0.2) is 9.78 Å². The van der Waals surface area contributed by atoms with E-state index >= 15 is 0 Å². The number of rotatable bonds is 3. The van der Waals surface area contributed by atoms with Gasteiger partial charge in [-0.3, -0.25) is 14.7 Å². The van der Waals surface area contributed by atoms with Crippen LogP contribution in [-0.2, 0) is 16.0 Å². The average Bonchev–Trinajstić information content (AvgIpc) is 3.03. The van der Waals surface area contributed by atoms with E-state index in [1.807, 2.05) is 25.7 Å². The maximum absolute atomic E-state index is 12.7. The second-order valence-electron chi connectivity index (χ2n) is 10.2. The average molecular weight is 415 g/mol. The van der Waals surface area contributed by atoms with Crippen molar-refractivity contribution in [2.75, 3.05) is 24.5 Å². The predicted molar refractivity (Wildman–Crippen MR) is 114 cm³/mol. The van der Waals surface area contributed by atoms with Gasteiger partial charge in [0.25, 0.3) is 0 Å². The fourth-order valence-electron chi connectivity index (χ4n) is 5.06. The number of nitrogens with zero attached hydrogens (tertiary/aromatic N) is 4. The second kappa shape index (κ2) is 8.16. The Morgan fingerprint density at radius 1 is 1.13 bits per heavy atom. The lowest BCUT2D eigenvalue weighted by Crippen LogP contribution is -2.44. The Kier molecular flexibility index (Phi) is 5.73. The van der Waals surface area contributed by atoms with Gasteiger partial charge in [0.1, 0.15) is 5.60 Å². The third kappa shape index (κ3) is 4.30. The summed E-state index contributed by atoms with van der Waals surface area (Å²) < 4.78 is 5.85. The summed E-state index contributed by atoms with van der Waals surface area (Å²) in [6.45, 7) is 8.07. The van der Waals surface area contributed by atoms with Crippen molar-refractivity contribution >= 4 is 17.8 Å². The first-order valence-corrected chi connectivity index (χ1v) is 11.4. The summed E-state index contributed by atoms with van der Waals surface area (Å²) in [7, 11) is 0. The van der Waals surface area contributed by atoms with Crippen molar-refractivity contribution in [3.63, 3.8) is 0 Å². The molecule has 0 unspecified atom stereocenters. The van der Waals surface area contributed by atoms with Crippen LogP contribution in [0.5, 0.6) is 0 Å². The van der Waals surface area contributed by atoms with Gasteiger partial charge >= 0.3 is 6.09 Å². The van der Waals surface area contributed by atoms with Gasteiger partial charge in [0, 0.05) is 30.9 Å². The number of likely N-dealkylation sites (tertiary alicyclic amines) is 1. The highest BCUT2D eigenvalue weighted by atomic mass is 16.6. The highest BCUT2D eigenvalue weighted by Gasteiger charge is 2.47. The van der Waals surface area contributed by atoms with E-state index in [1.54, 1.807) is 17.3 Å². The second-order valence-corrected chi connectivity index (χ2v) is 10.2. The Labute approximate surface area is 179 Å². The molecule has 1 aromatic rings. The number of anilines is 1. The van der Waals surface area contributed by atoms with Crippen LogP contribution < -0.4 is 4.90 Å². The largest absolute Gasteiger partial charge is 0.441 e. The zero-order chi connectivity index (χ0) is 21.4. The van der Waals surface area contributed by atoms with Gasteiger partial charge in [-0.1, -0.05) is 27.2 Å². The Bertz CT molecular complexity index is 790. The summed E-state index contributed by atoms with van der Waals surface area (Å²) in [4.78, 5) is 38.0. The first-order valence-electron chi connectivity index (χ1n) is 11.4. The van der Waals surface area contributed by atoms with Gasteiger partial charge in [0.15, 0.2) is 5.82 Å². The number of piperidine rings is 1. The summed E-state index contributed by atoms with van der Waals surface area (Å²) in [5.74, 6) is 1.31. The van der Waals surface area contributed by atoms with Gasteiger partial charge in [-0.2, -0.15) is 0 Å². The van der Waals surface area contributed by atoms with E-state index in [9.17, 15) is 9.59 Å². The molecular formula is C23H34N4O3. The molecule has 2 aliphatic heterocycles. The van der Waals surface area contributed by atoms with Crippen molar-refractivity contribution in [3.05, 3.63) is 18.1 Å². The van der Waals surface area contributed by atoms with Gasteiger partial charge in [0.05, 0.1) is 12.2 Å². The van der Waals surface area contributed by atoms with Gasteiger partial charge in [-0.05, 0) is 50.9 Å². The van der Waals surface area contributed by atoms with E-state index in [0.29, 0.717) is 18.3 Å². The van der Waals surface area contributed by atoms with E-state index in [1.165, 1.54) is 6.42 Å². The molecule has 0 bridgehead atoms. The van der Waals surface area contributed by atoms with Crippen molar-refractivity contribution in [1.82, 2.24) is 14.9 Å². The third-order valence-electron chi connectivity index (χ3n) is 6.77. The zero-order valence-electron chi connectivity index (χ0n) is 18.5. The molecule has 164 valence electrons. The molecule has 1 aromatic heterocycles. The molecule has 0 aromatic carbocycles. The number of carbonyl (C=O) groups excluding carboxylic acids is 2. The molecule has 0 radical (unpaired) electrons. The van der Waals surface area contributed by atoms with Crippen LogP contribution >= 0.6 is 0 Å². The number of hydrogen-bond acceptors (Lipinski definition) is 5. The molecular weight excluding hydrogens is 380 g/mol. The van der Waals surface area contributed by atoms with E-state index < -0.39 is 0 Å². The van der Waals surface area contributed by atoms with Crippen molar-refractivity contribution in [2.24, 2.45) is 11.3 Å². The standard InChI is InChI=1S/C23H34N4O3/c1-22(2,3)20(28)26-13-7-17(8-14-26)15-18-19(25-12-11-24-18)27-16-23(30-21(27)29)9-5-4-6-10-23/h11-12,17H,4-10,13-16H2,1-3H3. The number of amides is 2. The predicted octanol–water partition coefficient (Wildman–Crippen LogP) is 3.96. The molecule has 4 rings (SSSR count). The summed E-state index contributed by atoms with van der Waals surface area (Å²) in [6, 6.07) is 0. The van der Waals surface area contributed by atoms with Crippen LogP contribution in [0.1, 0.15) is 71.4 Å². The van der Waals surface area contributed by atoms with Crippen LogP contribution in [0.4, 0.5) is 10.6 Å². The first kappa shape index (κ1) is 21.1. The number of carbonyl (C=O) groups is 2. The SMILES string of the molecule is CC(C)(C)C(=O)N1CCC(Cc2nccnc2N2CC3(CCCCC3)OC2=O)CC1. The van der Waals surface area contributed by atoms with Crippen LogP contribution in [0.3, 0.4) is 0 Å². The number of ether oxygens (including phenoxy) is 1. The smallest absolute Gasteiger partial charge is 0.416 e. The number of aromatic nitrogens is 2. The quantitative estimate of drug-likeness (QED) is 0.748. The molecule has 0 atom stereocenters. The highest BCUT2D eigenvalue weighted by Crippen LogP contribution is 2.39. The molecule has 1 aliphatic carbocycles. The Morgan fingerprint density at radius 2 is 1.80 bits per heavy atom. The molecule has 30 heavy (non-hydrogen) atoms. The fraction of sp³-hybridized carbons (Fsp3) is 0.739. The fourth-order valence-corrected chi connectivity index (χ4v) is 5.06. The molecule has 2 amide bonds. The Hall–Kier alpha value is -2.18. The van der Waals surface area contributed by atoms with E-state index in [0.717, 1.165) is 63.7 Å². The van der Waals surface area contributed by atoms with E-state index in [2.05, 4.69) is 9.97 Å². The van der Waals surface area contributed by atoms with Crippen molar-refractivity contribution in [2.45, 2.75) is 77.7 Å². The molecule has 3 heterocycles. The minimum absolute atomic E-state index is 0.221. The minimum Gasteiger partial charge on any atom is -0.441 e. The van der Waals surface area contributed by atoms with Gasteiger partial charge < -0.3 is 9.64 Å². The molecule has 3 aliphatic rings. The lowest BCUT2D eigenvalue weighted by Gasteiger charge is -2.36. The van der Waals surface area contributed by atoms with Crippen molar-refractivity contribution in [3.8, 4) is 0 Å². The monoisotopic (exact) mass is 414 g/mol. The number of hydrogen-bond donors (Lipinski definition) is 0. The van der Waals surface area contributed by atoms with Gasteiger partial charge in [-0.15, -0.1) is 0 Å². The van der Waals surface area contributed by atoms with E-state index in [-0.39, 0.29) is 23.0 Å². The normalized spacial score (nSPS) is 22.4. The summed E-state index contributed by atoms with van der Waals surface area (Å²) in [5, 5.41) is 0. The lowest BCUT2D eigenvalue weighted by atomic mass is 9.85. The van der Waals surface area contributed by atoms with Crippen molar-refractivity contribution in [1.29, 1.82) is 0 Å². The highest BCUT2D eigenvalue weighted by molar-refractivity contribution is 5.89. The van der Waals surface area contributed by atoms with Crippen LogP contribution in [0.25, 0.3) is 0 Å². The Morgan fingerprint density at radius 3 is 2.47 bits per heavy atom. The topological polar surface area (TPSA) is 75.6 Å². The molecule has 7 nitrogen and oxygen atoms in total. The lowest BCUT2D eigenvalue weighted by molar-refractivity contribution is -0.140. The van der Waals surface area contributed by atoms with Crippen LogP contribution in [0.2, 0.25) is 0 Å². The van der Waals surface area contributed by atoms with Gasteiger partial charge in [0.2, 0.25) is 5.91 Å². The third-order valence-corrected chi connectivity index (χ3v) is 6.77.